The van der Waals surface area contributed by atoms with Crippen LogP contribution >= 0.6 is 0 Å². The average molecular weight is 286 g/mol. The molecule has 2 aliphatic rings. The van der Waals surface area contributed by atoms with Crippen LogP contribution in [0.25, 0.3) is 0 Å². The van der Waals surface area contributed by atoms with Gasteiger partial charge in [-0.05, 0) is 43.7 Å². The Morgan fingerprint density at radius 1 is 1.24 bits per heavy atom. The van der Waals surface area contributed by atoms with Crippen molar-refractivity contribution in [1.82, 2.24) is 4.90 Å². The fraction of sp³-hybridized carbons (Fsp3) is 0.611. The molecule has 0 N–H and O–H groups in total. The SMILES string of the molecule is CCC1CCCCN1C(=O)CCN1CCc2ccccc21. The summed E-state index contributed by atoms with van der Waals surface area (Å²) in [5.74, 6) is 0.353. The number of para-hydroxylation sites is 1. The van der Waals surface area contributed by atoms with Gasteiger partial charge in [0, 0.05) is 37.8 Å². The Kier molecular flexibility index (Phi) is 4.47. The molecule has 1 aromatic carbocycles. The quantitative estimate of drug-likeness (QED) is 0.848. The number of benzene rings is 1. The minimum absolute atomic E-state index is 0.353. The molecule has 0 radical (unpaired) electrons. The van der Waals surface area contributed by atoms with Crippen LogP contribution in [0.2, 0.25) is 0 Å². The van der Waals surface area contributed by atoms with Gasteiger partial charge in [-0.25, -0.2) is 0 Å². The van der Waals surface area contributed by atoms with Crippen LogP contribution in [0.1, 0.15) is 44.6 Å². The van der Waals surface area contributed by atoms with E-state index in [1.54, 1.807) is 0 Å². The molecular formula is C18H26N2O. The number of amides is 1. The highest BCUT2D eigenvalue weighted by molar-refractivity contribution is 5.77. The molecule has 21 heavy (non-hydrogen) atoms. The van der Waals surface area contributed by atoms with Crippen molar-refractivity contribution >= 4 is 11.6 Å². The highest BCUT2D eigenvalue weighted by Gasteiger charge is 2.26. The van der Waals surface area contributed by atoms with Gasteiger partial charge in [-0.2, -0.15) is 0 Å². The van der Waals surface area contributed by atoms with Gasteiger partial charge in [0.2, 0.25) is 5.91 Å². The number of anilines is 1. The summed E-state index contributed by atoms with van der Waals surface area (Å²) in [5.41, 5.74) is 2.75. The first-order valence-corrected chi connectivity index (χ1v) is 8.42. The maximum atomic E-state index is 12.5. The van der Waals surface area contributed by atoms with E-state index in [9.17, 15) is 4.79 Å². The van der Waals surface area contributed by atoms with Crippen molar-refractivity contribution in [3.8, 4) is 0 Å². The van der Waals surface area contributed by atoms with Gasteiger partial charge in [0.15, 0.2) is 0 Å². The summed E-state index contributed by atoms with van der Waals surface area (Å²) >= 11 is 0. The molecular weight excluding hydrogens is 260 g/mol. The number of hydrogen-bond acceptors (Lipinski definition) is 2. The smallest absolute Gasteiger partial charge is 0.224 e. The second kappa shape index (κ2) is 6.50. The molecule has 0 aromatic heterocycles. The third-order valence-electron chi connectivity index (χ3n) is 5.00. The van der Waals surface area contributed by atoms with Crippen LogP contribution in [0.5, 0.6) is 0 Å². The highest BCUT2D eigenvalue weighted by atomic mass is 16.2. The fourth-order valence-corrected chi connectivity index (χ4v) is 3.77. The van der Waals surface area contributed by atoms with Crippen LogP contribution in [0.4, 0.5) is 5.69 Å². The fourth-order valence-electron chi connectivity index (χ4n) is 3.77. The van der Waals surface area contributed by atoms with E-state index in [0.29, 0.717) is 18.4 Å². The molecule has 0 saturated carbocycles. The Balaban J connectivity index is 1.57. The van der Waals surface area contributed by atoms with Gasteiger partial charge < -0.3 is 9.80 Å². The number of carbonyl (C=O) groups is 1. The lowest BCUT2D eigenvalue weighted by Crippen LogP contribution is -2.44. The van der Waals surface area contributed by atoms with Crippen molar-refractivity contribution in [2.45, 2.75) is 51.5 Å². The zero-order chi connectivity index (χ0) is 14.7. The Bertz CT molecular complexity index is 500. The van der Waals surface area contributed by atoms with Gasteiger partial charge in [0.1, 0.15) is 0 Å². The minimum Gasteiger partial charge on any atom is -0.370 e. The predicted octanol–water partition coefficient (Wildman–Crippen LogP) is 3.23. The molecule has 0 spiro atoms. The lowest BCUT2D eigenvalue weighted by Gasteiger charge is -2.35. The second-order valence-corrected chi connectivity index (χ2v) is 6.26. The van der Waals surface area contributed by atoms with Crippen molar-refractivity contribution < 1.29 is 4.79 Å². The number of fused-ring (bicyclic) bond motifs is 1. The second-order valence-electron chi connectivity index (χ2n) is 6.26. The summed E-state index contributed by atoms with van der Waals surface area (Å²) < 4.78 is 0. The average Bonchev–Trinajstić information content (AvgIpc) is 2.96. The number of nitrogens with zero attached hydrogens (tertiary/aromatic N) is 2. The number of carbonyl (C=O) groups excluding carboxylic acids is 1. The maximum absolute atomic E-state index is 12.5. The summed E-state index contributed by atoms with van der Waals surface area (Å²) in [7, 11) is 0. The Morgan fingerprint density at radius 3 is 2.95 bits per heavy atom. The maximum Gasteiger partial charge on any atom is 0.224 e. The third-order valence-corrected chi connectivity index (χ3v) is 5.00. The largest absolute Gasteiger partial charge is 0.370 e. The molecule has 0 bridgehead atoms. The summed E-state index contributed by atoms with van der Waals surface area (Å²) in [5, 5.41) is 0. The van der Waals surface area contributed by atoms with Crippen LogP contribution in [-0.4, -0.2) is 36.5 Å². The topological polar surface area (TPSA) is 23.6 Å². The normalized spacial score (nSPS) is 21.5. The standard InChI is InChI=1S/C18H26N2O/c1-2-16-8-5-6-12-20(16)18(21)11-14-19-13-10-15-7-3-4-9-17(15)19/h3-4,7,9,16H,2,5-6,8,10-14H2,1H3. The van der Waals surface area contributed by atoms with E-state index >= 15 is 0 Å². The van der Waals surface area contributed by atoms with Gasteiger partial charge in [-0.3, -0.25) is 4.79 Å². The number of piperidine rings is 1. The molecule has 1 unspecified atom stereocenters. The van der Waals surface area contributed by atoms with Crippen molar-refractivity contribution in [3.05, 3.63) is 29.8 Å². The molecule has 114 valence electrons. The molecule has 1 fully saturated rings. The van der Waals surface area contributed by atoms with E-state index in [1.165, 1.54) is 30.5 Å². The summed E-state index contributed by atoms with van der Waals surface area (Å²) in [6.07, 6.45) is 6.51. The van der Waals surface area contributed by atoms with Gasteiger partial charge in [-0.15, -0.1) is 0 Å². The van der Waals surface area contributed by atoms with E-state index in [4.69, 9.17) is 0 Å². The predicted molar refractivity (Wildman–Crippen MR) is 86.6 cm³/mol. The molecule has 1 atom stereocenters. The molecule has 3 rings (SSSR count). The van der Waals surface area contributed by atoms with E-state index in [0.717, 1.165) is 32.5 Å². The Labute approximate surface area is 127 Å². The zero-order valence-electron chi connectivity index (χ0n) is 13.1. The van der Waals surface area contributed by atoms with Crippen molar-refractivity contribution in [3.63, 3.8) is 0 Å². The summed E-state index contributed by atoms with van der Waals surface area (Å²) in [6.45, 7) is 5.09. The van der Waals surface area contributed by atoms with Crippen molar-refractivity contribution in [2.24, 2.45) is 0 Å². The number of rotatable bonds is 4. The van der Waals surface area contributed by atoms with Gasteiger partial charge >= 0.3 is 0 Å². The highest BCUT2D eigenvalue weighted by Crippen LogP contribution is 2.27. The minimum atomic E-state index is 0.353. The number of hydrogen-bond donors (Lipinski definition) is 0. The lowest BCUT2D eigenvalue weighted by atomic mass is 9.99. The molecule has 2 aliphatic heterocycles. The Morgan fingerprint density at radius 2 is 2.10 bits per heavy atom. The zero-order valence-corrected chi connectivity index (χ0v) is 13.1. The first-order chi connectivity index (χ1) is 10.3. The van der Waals surface area contributed by atoms with Crippen molar-refractivity contribution in [2.75, 3.05) is 24.5 Å². The van der Waals surface area contributed by atoms with Crippen LogP contribution < -0.4 is 4.90 Å². The first kappa shape index (κ1) is 14.4. The van der Waals surface area contributed by atoms with E-state index in [1.807, 2.05) is 0 Å². The van der Waals surface area contributed by atoms with Gasteiger partial charge in [0.05, 0.1) is 0 Å². The first-order valence-electron chi connectivity index (χ1n) is 8.42. The van der Waals surface area contributed by atoms with Crippen LogP contribution in [0.3, 0.4) is 0 Å². The molecule has 1 saturated heterocycles. The molecule has 0 aliphatic carbocycles. The van der Waals surface area contributed by atoms with Crippen molar-refractivity contribution in [1.29, 1.82) is 0 Å². The monoisotopic (exact) mass is 286 g/mol. The molecule has 3 nitrogen and oxygen atoms in total. The number of likely N-dealkylation sites (tertiary alicyclic amines) is 1. The summed E-state index contributed by atoms with van der Waals surface area (Å²) in [6, 6.07) is 9.07. The lowest BCUT2D eigenvalue weighted by molar-refractivity contribution is -0.134. The molecule has 2 heterocycles. The van der Waals surface area contributed by atoms with Crippen LogP contribution in [-0.2, 0) is 11.2 Å². The molecule has 1 amide bonds. The Hall–Kier alpha value is -1.51. The molecule has 3 heteroatoms. The van der Waals surface area contributed by atoms with E-state index < -0.39 is 0 Å². The van der Waals surface area contributed by atoms with Gasteiger partial charge in [0.25, 0.3) is 0 Å². The molecule has 1 aromatic rings. The van der Waals surface area contributed by atoms with E-state index in [2.05, 4.69) is 41.0 Å². The van der Waals surface area contributed by atoms with Crippen LogP contribution in [0.15, 0.2) is 24.3 Å². The van der Waals surface area contributed by atoms with Gasteiger partial charge in [-0.1, -0.05) is 25.1 Å². The van der Waals surface area contributed by atoms with E-state index in [-0.39, 0.29) is 0 Å². The van der Waals surface area contributed by atoms with Crippen LogP contribution in [0, 0.1) is 0 Å². The third kappa shape index (κ3) is 3.07. The summed E-state index contributed by atoms with van der Waals surface area (Å²) in [4.78, 5) is 17.1.